The minimum Gasteiger partial charge on any atom is -0.330 e. The number of benzene rings is 1. The van der Waals surface area contributed by atoms with Gasteiger partial charge in [-0.3, -0.25) is 0 Å². The number of imidazole rings is 1. The molecular formula is C15H23N3. The molecule has 1 aromatic heterocycles. The third kappa shape index (κ3) is 2.56. The predicted octanol–water partition coefficient (Wildman–Crippen LogP) is 2.90. The van der Waals surface area contributed by atoms with Gasteiger partial charge in [-0.2, -0.15) is 0 Å². The molecule has 0 atom stereocenters. The third-order valence-corrected chi connectivity index (χ3v) is 3.35. The molecule has 0 aliphatic carbocycles. The van der Waals surface area contributed by atoms with E-state index in [1.165, 1.54) is 16.9 Å². The van der Waals surface area contributed by atoms with Crippen LogP contribution in [0.15, 0.2) is 18.2 Å². The molecule has 0 unspecified atom stereocenters. The Kier molecular flexibility index (Phi) is 4.37. The summed E-state index contributed by atoms with van der Waals surface area (Å²) < 4.78 is 2.35. The lowest BCUT2D eigenvalue weighted by molar-refractivity contribution is 0.639. The maximum absolute atomic E-state index is 5.60. The lowest BCUT2D eigenvalue weighted by Gasteiger charge is -2.07. The Morgan fingerprint density at radius 3 is 2.78 bits per heavy atom. The van der Waals surface area contributed by atoms with Crippen LogP contribution in [-0.4, -0.2) is 16.1 Å². The zero-order valence-electron chi connectivity index (χ0n) is 11.4. The van der Waals surface area contributed by atoms with Gasteiger partial charge in [-0.25, -0.2) is 4.98 Å². The number of nitrogens with zero attached hydrogens (tertiary/aromatic N) is 2. The highest BCUT2D eigenvalue weighted by Crippen LogP contribution is 2.19. The summed E-state index contributed by atoms with van der Waals surface area (Å²) in [5, 5.41) is 0. The highest BCUT2D eigenvalue weighted by molar-refractivity contribution is 5.77. The van der Waals surface area contributed by atoms with Gasteiger partial charge in [0.25, 0.3) is 0 Å². The molecule has 0 saturated carbocycles. The van der Waals surface area contributed by atoms with Crippen LogP contribution in [0.4, 0.5) is 0 Å². The summed E-state index contributed by atoms with van der Waals surface area (Å²) in [6.45, 7) is 6.16. The smallest absolute Gasteiger partial charge is 0.109 e. The van der Waals surface area contributed by atoms with Crippen LogP contribution in [0, 0.1) is 0 Å². The van der Waals surface area contributed by atoms with Gasteiger partial charge in [-0.15, -0.1) is 0 Å². The summed E-state index contributed by atoms with van der Waals surface area (Å²) in [6, 6.07) is 6.64. The molecule has 1 heterocycles. The highest BCUT2D eigenvalue weighted by atomic mass is 15.1. The van der Waals surface area contributed by atoms with Crippen LogP contribution in [-0.2, 0) is 19.4 Å². The van der Waals surface area contributed by atoms with Crippen molar-refractivity contribution in [3.63, 3.8) is 0 Å². The van der Waals surface area contributed by atoms with Gasteiger partial charge in [0.2, 0.25) is 0 Å². The van der Waals surface area contributed by atoms with Crippen LogP contribution in [0.1, 0.15) is 38.1 Å². The van der Waals surface area contributed by atoms with E-state index in [9.17, 15) is 0 Å². The third-order valence-electron chi connectivity index (χ3n) is 3.35. The molecule has 3 heteroatoms. The van der Waals surface area contributed by atoms with Crippen LogP contribution in [0.5, 0.6) is 0 Å². The minimum atomic E-state index is 0.732. The molecule has 0 saturated heterocycles. The minimum absolute atomic E-state index is 0.732. The van der Waals surface area contributed by atoms with Crippen molar-refractivity contribution >= 4 is 11.0 Å². The van der Waals surface area contributed by atoms with E-state index < -0.39 is 0 Å². The normalized spacial score (nSPS) is 11.3. The van der Waals surface area contributed by atoms with E-state index in [0.29, 0.717) is 0 Å². The first kappa shape index (κ1) is 13.1. The first-order valence-electron chi connectivity index (χ1n) is 6.98. The summed E-state index contributed by atoms with van der Waals surface area (Å²) in [5.74, 6) is 1.19. The number of nitrogens with two attached hydrogens (primary N) is 1. The zero-order chi connectivity index (χ0) is 13.0. The molecule has 0 radical (unpaired) electrons. The predicted molar refractivity (Wildman–Crippen MR) is 76.8 cm³/mol. The molecule has 0 aliphatic heterocycles. The monoisotopic (exact) mass is 245 g/mol. The Hall–Kier alpha value is -1.35. The van der Waals surface area contributed by atoms with Crippen molar-refractivity contribution in [2.24, 2.45) is 5.73 Å². The molecule has 0 amide bonds. The van der Waals surface area contributed by atoms with Gasteiger partial charge in [0.1, 0.15) is 5.82 Å². The van der Waals surface area contributed by atoms with Crippen molar-refractivity contribution in [3.05, 3.63) is 29.6 Å². The molecule has 0 fully saturated rings. The molecule has 0 bridgehead atoms. The average molecular weight is 245 g/mol. The van der Waals surface area contributed by atoms with Crippen molar-refractivity contribution in [2.75, 3.05) is 6.54 Å². The molecule has 2 aromatic rings. The fraction of sp³-hybridized carbons (Fsp3) is 0.533. The average Bonchev–Trinajstić information content (AvgIpc) is 2.74. The first-order valence-corrected chi connectivity index (χ1v) is 6.98. The lowest BCUT2D eigenvalue weighted by atomic mass is 10.1. The summed E-state index contributed by atoms with van der Waals surface area (Å²) in [7, 11) is 0. The Labute approximate surface area is 109 Å². The van der Waals surface area contributed by atoms with Gasteiger partial charge in [0.05, 0.1) is 11.0 Å². The van der Waals surface area contributed by atoms with E-state index in [-0.39, 0.29) is 0 Å². The Morgan fingerprint density at radius 2 is 2.11 bits per heavy atom. The molecule has 2 rings (SSSR count). The van der Waals surface area contributed by atoms with Crippen LogP contribution in [0.2, 0.25) is 0 Å². The number of rotatable bonds is 6. The highest BCUT2D eigenvalue weighted by Gasteiger charge is 2.09. The van der Waals surface area contributed by atoms with E-state index >= 15 is 0 Å². The fourth-order valence-corrected chi connectivity index (χ4v) is 2.37. The van der Waals surface area contributed by atoms with Crippen molar-refractivity contribution in [3.8, 4) is 0 Å². The number of aryl methyl sites for hydroxylation is 3. The van der Waals surface area contributed by atoms with E-state index in [2.05, 4.69) is 36.6 Å². The van der Waals surface area contributed by atoms with Gasteiger partial charge in [-0.05, 0) is 43.5 Å². The van der Waals surface area contributed by atoms with Crippen molar-refractivity contribution < 1.29 is 0 Å². The van der Waals surface area contributed by atoms with Crippen molar-refractivity contribution in [1.29, 1.82) is 0 Å². The molecule has 3 nitrogen and oxygen atoms in total. The second-order valence-electron chi connectivity index (χ2n) is 4.75. The Balaban J connectivity index is 2.44. The van der Waals surface area contributed by atoms with Crippen LogP contribution in [0.3, 0.4) is 0 Å². The molecule has 98 valence electrons. The summed E-state index contributed by atoms with van der Waals surface area (Å²) in [5.41, 5.74) is 9.36. The molecule has 0 spiro atoms. The SMILES string of the molecule is CCCn1c(CCCN)nc2cc(CC)ccc21. The lowest BCUT2D eigenvalue weighted by Crippen LogP contribution is -2.07. The maximum atomic E-state index is 5.60. The van der Waals surface area contributed by atoms with Gasteiger partial charge in [0, 0.05) is 13.0 Å². The Morgan fingerprint density at radius 1 is 1.28 bits per heavy atom. The fourth-order valence-electron chi connectivity index (χ4n) is 2.37. The van der Waals surface area contributed by atoms with E-state index in [1.54, 1.807) is 0 Å². The summed E-state index contributed by atoms with van der Waals surface area (Å²) >= 11 is 0. The van der Waals surface area contributed by atoms with Gasteiger partial charge in [0.15, 0.2) is 0 Å². The van der Waals surface area contributed by atoms with Crippen LogP contribution < -0.4 is 5.73 Å². The van der Waals surface area contributed by atoms with E-state index in [1.807, 2.05) is 0 Å². The van der Waals surface area contributed by atoms with Crippen LogP contribution >= 0.6 is 0 Å². The van der Waals surface area contributed by atoms with E-state index in [4.69, 9.17) is 10.7 Å². The summed E-state index contributed by atoms with van der Waals surface area (Å²) in [4.78, 5) is 4.78. The largest absolute Gasteiger partial charge is 0.330 e. The number of hydrogen-bond donors (Lipinski definition) is 1. The summed E-state index contributed by atoms with van der Waals surface area (Å²) in [6.07, 6.45) is 4.19. The van der Waals surface area contributed by atoms with Gasteiger partial charge >= 0.3 is 0 Å². The molecule has 2 N–H and O–H groups in total. The molecular weight excluding hydrogens is 222 g/mol. The quantitative estimate of drug-likeness (QED) is 0.850. The topological polar surface area (TPSA) is 43.8 Å². The Bertz CT molecular complexity index is 514. The van der Waals surface area contributed by atoms with Crippen molar-refractivity contribution in [1.82, 2.24) is 9.55 Å². The first-order chi connectivity index (χ1) is 8.80. The zero-order valence-corrected chi connectivity index (χ0v) is 11.4. The molecule has 18 heavy (non-hydrogen) atoms. The number of aromatic nitrogens is 2. The van der Waals surface area contributed by atoms with Gasteiger partial charge in [-0.1, -0.05) is 19.9 Å². The number of fused-ring (bicyclic) bond motifs is 1. The molecule has 1 aromatic carbocycles. The second kappa shape index (κ2) is 6.01. The number of hydrogen-bond acceptors (Lipinski definition) is 2. The van der Waals surface area contributed by atoms with Gasteiger partial charge < -0.3 is 10.3 Å². The van der Waals surface area contributed by atoms with E-state index in [0.717, 1.165) is 44.3 Å². The molecule has 0 aliphatic rings. The van der Waals surface area contributed by atoms with Crippen molar-refractivity contribution in [2.45, 2.75) is 46.1 Å². The maximum Gasteiger partial charge on any atom is 0.109 e. The standard InChI is InChI=1S/C15H23N3/c1-3-10-18-14-8-7-12(4-2)11-13(14)17-15(18)6-5-9-16/h7-8,11H,3-6,9-10,16H2,1-2H3. The second-order valence-corrected chi connectivity index (χ2v) is 4.75. The van der Waals surface area contributed by atoms with Crippen LogP contribution in [0.25, 0.3) is 11.0 Å².